The molecule has 134 valence electrons. The van der Waals surface area contributed by atoms with Crippen molar-refractivity contribution in [2.24, 2.45) is 17.1 Å². The van der Waals surface area contributed by atoms with E-state index in [0.717, 1.165) is 25.7 Å². The van der Waals surface area contributed by atoms with Crippen LogP contribution in [0.25, 0.3) is 0 Å². The van der Waals surface area contributed by atoms with E-state index in [-0.39, 0.29) is 13.0 Å². The number of carbonyl (C=O) groups is 1. The van der Waals surface area contributed by atoms with E-state index in [1.807, 2.05) is 0 Å². The highest BCUT2D eigenvalue weighted by Gasteiger charge is 2.45. The molecule has 6 nitrogen and oxygen atoms in total. The Balaban J connectivity index is 2.96. The summed E-state index contributed by atoms with van der Waals surface area (Å²) in [5, 5.41) is 9.97. The second-order valence-electron chi connectivity index (χ2n) is 7.54. The maximum absolute atomic E-state index is 12.4. The minimum Gasteiger partial charge on any atom is -0.428 e. The van der Waals surface area contributed by atoms with Gasteiger partial charge in [0.25, 0.3) is 5.79 Å². The Bertz CT molecular complexity index is 392. The van der Waals surface area contributed by atoms with Crippen molar-refractivity contribution in [1.82, 2.24) is 0 Å². The highest BCUT2D eigenvalue weighted by atomic mass is 31.1. The molecule has 0 heterocycles. The number of aliphatic hydroxyl groups excluding tert-OH is 1. The van der Waals surface area contributed by atoms with Crippen LogP contribution in [0.1, 0.15) is 65.7 Å². The molecule has 3 N–H and O–H groups in total. The fourth-order valence-corrected chi connectivity index (χ4v) is 3.30. The monoisotopic (exact) mass is 348 g/mol. The van der Waals surface area contributed by atoms with Gasteiger partial charge in [-0.2, -0.15) is 0 Å². The first-order valence-electron chi connectivity index (χ1n) is 8.39. The molecular formula is C16H31NO5P+. The first-order chi connectivity index (χ1) is 10.7. The molecular weight excluding hydrogens is 317 g/mol. The van der Waals surface area contributed by atoms with Crippen LogP contribution in [0.2, 0.25) is 0 Å². The van der Waals surface area contributed by atoms with Gasteiger partial charge in [-0.15, -0.1) is 0 Å². The van der Waals surface area contributed by atoms with Gasteiger partial charge in [0, 0.05) is 19.4 Å². The summed E-state index contributed by atoms with van der Waals surface area (Å²) in [5.74, 6) is -1.47. The Labute approximate surface area is 140 Å². The summed E-state index contributed by atoms with van der Waals surface area (Å²) in [4.78, 5) is 12.4. The van der Waals surface area contributed by atoms with Crippen molar-refractivity contribution in [1.29, 1.82) is 0 Å². The van der Waals surface area contributed by atoms with Crippen LogP contribution < -0.4 is 5.73 Å². The molecule has 2 unspecified atom stereocenters. The molecule has 0 amide bonds. The summed E-state index contributed by atoms with van der Waals surface area (Å²) in [6, 6.07) is 0. The third-order valence-electron chi connectivity index (χ3n) is 4.26. The fourth-order valence-electron chi connectivity index (χ4n) is 2.94. The van der Waals surface area contributed by atoms with Crippen molar-refractivity contribution in [3.05, 3.63) is 0 Å². The van der Waals surface area contributed by atoms with Crippen molar-refractivity contribution in [3.63, 3.8) is 0 Å². The Hall–Kier alpha value is -0.550. The minimum atomic E-state index is -1.37. The van der Waals surface area contributed by atoms with Gasteiger partial charge in [0.2, 0.25) is 0 Å². The van der Waals surface area contributed by atoms with E-state index in [9.17, 15) is 14.5 Å². The molecule has 0 saturated heterocycles. The third-order valence-corrected chi connectivity index (χ3v) is 4.72. The molecule has 7 heteroatoms. The first kappa shape index (κ1) is 20.5. The van der Waals surface area contributed by atoms with Gasteiger partial charge in [-0.25, -0.2) is 0 Å². The van der Waals surface area contributed by atoms with Crippen LogP contribution in [0.15, 0.2) is 0 Å². The van der Waals surface area contributed by atoms with Crippen LogP contribution in [0.4, 0.5) is 0 Å². The zero-order chi connectivity index (χ0) is 17.5. The van der Waals surface area contributed by atoms with Gasteiger partial charge in [0.1, 0.15) is 0 Å². The summed E-state index contributed by atoms with van der Waals surface area (Å²) < 4.78 is 22.2. The molecule has 1 rings (SSSR count). The van der Waals surface area contributed by atoms with Crippen LogP contribution in [-0.4, -0.2) is 29.5 Å². The van der Waals surface area contributed by atoms with E-state index < -0.39 is 32.0 Å². The van der Waals surface area contributed by atoms with E-state index in [4.69, 9.17) is 15.0 Å². The molecule has 3 atom stereocenters. The Morgan fingerprint density at radius 1 is 1.30 bits per heavy atom. The molecule has 1 saturated carbocycles. The number of hydrogen-bond acceptors (Lipinski definition) is 6. The van der Waals surface area contributed by atoms with Crippen LogP contribution in [-0.2, 0) is 18.6 Å². The Morgan fingerprint density at radius 3 is 2.39 bits per heavy atom. The van der Waals surface area contributed by atoms with E-state index in [1.54, 1.807) is 20.8 Å². The second-order valence-corrected chi connectivity index (χ2v) is 7.91. The second kappa shape index (κ2) is 9.07. The summed E-state index contributed by atoms with van der Waals surface area (Å²) in [6.45, 7) is 5.28. The van der Waals surface area contributed by atoms with Gasteiger partial charge in [0.15, 0.2) is 0 Å². The predicted octanol–water partition coefficient (Wildman–Crippen LogP) is 2.91. The van der Waals surface area contributed by atoms with Crippen molar-refractivity contribution in [3.8, 4) is 0 Å². The van der Waals surface area contributed by atoms with Crippen LogP contribution in [0.5, 0.6) is 0 Å². The predicted molar refractivity (Wildman–Crippen MR) is 89.2 cm³/mol. The Kier molecular flexibility index (Phi) is 8.08. The number of ether oxygens (including phenoxy) is 1. The summed E-state index contributed by atoms with van der Waals surface area (Å²) in [6.07, 6.45) is 5.14. The number of nitrogens with two attached hydrogens (primary N) is 1. The molecule has 1 aliphatic carbocycles. The lowest BCUT2D eigenvalue weighted by Crippen LogP contribution is -2.45. The molecule has 0 aromatic rings. The highest BCUT2D eigenvalue weighted by molar-refractivity contribution is 7.17. The maximum atomic E-state index is 12.4. The van der Waals surface area contributed by atoms with Gasteiger partial charge >= 0.3 is 14.7 Å². The summed E-state index contributed by atoms with van der Waals surface area (Å²) in [5.41, 5.74) is 4.80. The maximum Gasteiger partial charge on any atom is 0.498 e. The average molecular weight is 348 g/mol. The summed E-state index contributed by atoms with van der Waals surface area (Å²) >= 11 is 0. The number of carbonyl (C=O) groups excluding carboxylic acids is 1. The molecule has 0 aromatic heterocycles. The molecule has 1 aliphatic rings. The van der Waals surface area contributed by atoms with Crippen LogP contribution >= 0.6 is 8.69 Å². The summed E-state index contributed by atoms with van der Waals surface area (Å²) in [7, 11) is -1.07. The standard InChI is InChI=1S/C16H31NO5P/c1-15(2,3)14(19)21-16(22-23-20,10-13(18)11-17)9-12-7-5-4-6-8-12/h12-13,18,23H,4-11,17H2,1-3H3/q+1/t13-,16?/m1/s1. The SMILES string of the molecule is CC(C)(C)C(=O)OC(CC1CCCCC1)(C[C@@H](O)CN)O[PH+]=O. The molecule has 23 heavy (non-hydrogen) atoms. The first-order valence-corrected chi connectivity index (χ1v) is 9.21. The molecule has 0 spiro atoms. The smallest absolute Gasteiger partial charge is 0.428 e. The molecule has 0 radical (unpaired) electrons. The Morgan fingerprint density at radius 2 is 1.91 bits per heavy atom. The average Bonchev–Trinajstić information content (AvgIpc) is 2.47. The minimum absolute atomic E-state index is 0.0326. The lowest BCUT2D eigenvalue weighted by Gasteiger charge is -2.35. The largest absolute Gasteiger partial charge is 0.498 e. The van der Waals surface area contributed by atoms with Gasteiger partial charge < -0.3 is 15.6 Å². The van der Waals surface area contributed by atoms with Gasteiger partial charge in [-0.3, -0.25) is 4.79 Å². The van der Waals surface area contributed by atoms with E-state index >= 15 is 0 Å². The molecule has 0 aromatic carbocycles. The number of rotatable bonds is 8. The van der Waals surface area contributed by atoms with E-state index in [1.165, 1.54) is 6.42 Å². The highest BCUT2D eigenvalue weighted by Crippen LogP contribution is 2.38. The number of hydrogen-bond donors (Lipinski definition) is 2. The third kappa shape index (κ3) is 6.84. The number of esters is 1. The zero-order valence-electron chi connectivity index (χ0n) is 14.5. The molecule has 1 fully saturated rings. The fraction of sp³-hybridized carbons (Fsp3) is 0.938. The normalized spacial score (nSPS) is 20.9. The zero-order valence-corrected chi connectivity index (χ0v) is 15.5. The van der Waals surface area contributed by atoms with Gasteiger partial charge in [0.05, 0.1) is 11.5 Å². The van der Waals surface area contributed by atoms with Gasteiger partial charge in [-0.05, 0) is 31.3 Å². The van der Waals surface area contributed by atoms with E-state index in [2.05, 4.69) is 0 Å². The van der Waals surface area contributed by atoms with Crippen molar-refractivity contribution in [2.75, 3.05) is 6.54 Å². The topological polar surface area (TPSA) is 98.8 Å². The lowest BCUT2D eigenvalue weighted by atomic mass is 9.83. The van der Waals surface area contributed by atoms with Crippen molar-refractivity contribution in [2.45, 2.75) is 77.6 Å². The van der Waals surface area contributed by atoms with Crippen LogP contribution in [0, 0.1) is 11.3 Å². The van der Waals surface area contributed by atoms with Gasteiger partial charge in [-0.1, -0.05) is 36.6 Å². The number of aliphatic hydroxyl groups is 1. The van der Waals surface area contributed by atoms with Crippen LogP contribution in [0.3, 0.4) is 0 Å². The van der Waals surface area contributed by atoms with E-state index in [0.29, 0.717) is 12.3 Å². The van der Waals surface area contributed by atoms with Crippen molar-refractivity contribution < 1.29 is 23.7 Å². The lowest BCUT2D eigenvalue weighted by molar-refractivity contribution is -0.219. The molecule has 0 bridgehead atoms. The quantitative estimate of drug-likeness (QED) is 0.397. The van der Waals surface area contributed by atoms with Crippen molar-refractivity contribution >= 4 is 14.7 Å². The molecule has 0 aliphatic heterocycles.